The molecule has 5 aliphatic carbocycles. The third-order valence-corrected chi connectivity index (χ3v) is 15.3. The summed E-state index contributed by atoms with van der Waals surface area (Å²) in [6.07, 6.45) is 6.46. The number of rotatable bonds is 5. The number of anilines is 2. The van der Waals surface area contributed by atoms with Crippen LogP contribution in [0.1, 0.15) is 65.6 Å². The van der Waals surface area contributed by atoms with Crippen molar-refractivity contribution in [2.45, 2.75) is 37.5 Å². The van der Waals surface area contributed by atoms with Gasteiger partial charge in [0.15, 0.2) is 0 Å². The topological polar surface area (TPSA) is 16.4 Å². The zero-order valence-electron chi connectivity index (χ0n) is 36.8. The van der Waals surface area contributed by atoms with Gasteiger partial charge in [-0.2, -0.15) is 0 Å². The summed E-state index contributed by atoms with van der Waals surface area (Å²) in [6.45, 7) is 4.68. The molecular formula is C64H43NO. The van der Waals surface area contributed by atoms with Crippen LogP contribution in [0.2, 0.25) is 0 Å². The maximum Gasteiger partial charge on any atom is 0.136 e. The Kier molecular flexibility index (Phi) is 7.73. The van der Waals surface area contributed by atoms with Crippen molar-refractivity contribution in [2.75, 3.05) is 4.90 Å². The van der Waals surface area contributed by atoms with Gasteiger partial charge in [-0.15, -0.1) is 0 Å². The smallest absolute Gasteiger partial charge is 0.136 e. The SMILES string of the molecule is CC1(C)C2=C(C(c3ccccc3N(C3=CC4=C(CC3)C3(c5ccccc54)c4ccccc4-c4ccccc43)c3ccccc3-c3ccc4c(c3)oc3ccccc34)=C=C=C2)c2ccccc21. The molecule has 0 fully saturated rings. The largest absolute Gasteiger partial charge is 0.456 e. The number of para-hydroxylation sites is 3. The summed E-state index contributed by atoms with van der Waals surface area (Å²) in [7, 11) is 0. The first-order valence-corrected chi connectivity index (χ1v) is 23.2. The van der Waals surface area contributed by atoms with Crippen molar-refractivity contribution in [3.8, 4) is 22.3 Å². The lowest BCUT2D eigenvalue weighted by Gasteiger charge is -2.37. The summed E-state index contributed by atoms with van der Waals surface area (Å²) in [5.74, 6) is 0. The van der Waals surface area contributed by atoms with Crippen molar-refractivity contribution in [1.29, 1.82) is 0 Å². The molecule has 2 heteroatoms. The molecule has 0 amide bonds. The highest BCUT2D eigenvalue weighted by Crippen LogP contribution is 2.64. The van der Waals surface area contributed by atoms with E-state index in [1.807, 2.05) is 6.07 Å². The molecule has 1 aromatic heterocycles. The minimum atomic E-state index is -0.348. The molecule has 0 N–H and O–H groups in total. The highest BCUT2D eigenvalue weighted by molar-refractivity contribution is 6.13. The fourth-order valence-electron chi connectivity index (χ4n) is 12.5. The number of furan rings is 1. The van der Waals surface area contributed by atoms with E-state index in [9.17, 15) is 0 Å². The van der Waals surface area contributed by atoms with E-state index in [2.05, 4.69) is 224 Å². The van der Waals surface area contributed by atoms with Crippen LogP contribution in [-0.2, 0) is 10.8 Å². The van der Waals surface area contributed by atoms with E-state index in [1.54, 1.807) is 0 Å². The van der Waals surface area contributed by atoms with Gasteiger partial charge in [0, 0.05) is 44.2 Å². The van der Waals surface area contributed by atoms with Crippen LogP contribution in [0, 0.1) is 0 Å². The third-order valence-electron chi connectivity index (χ3n) is 15.3. The van der Waals surface area contributed by atoms with Crippen LogP contribution in [0.3, 0.4) is 0 Å². The van der Waals surface area contributed by atoms with Crippen LogP contribution in [0.4, 0.5) is 11.4 Å². The van der Waals surface area contributed by atoms with Crippen molar-refractivity contribution >= 4 is 50.0 Å². The van der Waals surface area contributed by atoms with Crippen LogP contribution < -0.4 is 4.90 Å². The quantitative estimate of drug-likeness (QED) is 0.161. The highest BCUT2D eigenvalue weighted by Gasteiger charge is 2.53. The van der Waals surface area contributed by atoms with Gasteiger partial charge in [0.25, 0.3) is 0 Å². The predicted molar refractivity (Wildman–Crippen MR) is 272 cm³/mol. The van der Waals surface area contributed by atoms with Crippen molar-refractivity contribution in [2.24, 2.45) is 0 Å². The second kappa shape index (κ2) is 13.7. The van der Waals surface area contributed by atoms with E-state index < -0.39 is 0 Å². The molecule has 1 spiro atoms. The zero-order chi connectivity index (χ0) is 43.7. The minimum absolute atomic E-state index is 0.166. The molecule has 0 saturated heterocycles. The molecule has 0 radical (unpaired) electrons. The third kappa shape index (κ3) is 4.92. The molecule has 310 valence electrons. The van der Waals surface area contributed by atoms with Gasteiger partial charge >= 0.3 is 0 Å². The molecule has 9 aromatic rings. The lowest BCUT2D eigenvalue weighted by molar-refractivity contribution is 0.654. The maximum atomic E-state index is 6.52. The Balaban J connectivity index is 1.02. The molecule has 66 heavy (non-hydrogen) atoms. The van der Waals surface area contributed by atoms with Gasteiger partial charge in [-0.3, -0.25) is 0 Å². The molecule has 0 unspecified atom stereocenters. The Labute approximate surface area is 384 Å². The van der Waals surface area contributed by atoms with E-state index in [0.717, 1.165) is 68.4 Å². The van der Waals surface area contributed by atoms with E-state index in [-0.39, 0.29) is 10.8 Å². The lowest BCUT2D eigenvalue weighted by Crippen LogP contribution is -2.29. The van der Waals surface area contributed by atoms with Crippen molar-refractivity contribution in [3.63, 3.8) is 0 Å². The Bertz CT molecular complexity index is 3780. The molecule has 0 bridgehead atoms. The van der Waals surface area contributed by atoms with Gasteiger partial charge in [-0.05, 0) is 122 Å². The highest BCUT2D eigenvalue weighted by atomic mass is 16.3. The van der Waals surface area contributed by atoms with Crippen LogP contribution in [0.5, 0.6) is 0 Å². The monoisotopic (exact) mass is 841 g/mol. The predicted octanol–water partition coefficient (Wildman–Crippen LogP) is 16.3. The van der Waals surface area contributed by atoms with E-state index in [4.69, 9.17) is 4.42 Å². The standard InChI is InChI=1S/C64H43NO/c1-63(2)52-26-10-6-24-50(52)62-49(25-17-30-57(62)63)46-22-8-15-32-59(46)65(58-31-14-7-18-42(58)40-34-36-48-47-23-9-16-33-60(47)66-61(48)38-40)41-35-37-56-51(39-41)45-21-5-13-29-55(45)64(56)53-27-11-3-19-43(53)44-20-4-12-28-54(44)64/h3-16,18-24,26-34,36,38-39H,35,37H2,1-2H3. The summed E-state index contributed by atoms with van der Waals surface area (Å²) in [5, 5.41) is 2.26. The first-order chi connectivity index (χ1) is 32.5. The van der Waals surface area contributed by atoms with E-state index in [1.165, 1.54) is 72.5 Å². The molecule has 1 heterocycles. The Hall–Kier alpha value is -8.12. The number of hydrogen-bond donors (Lipinski definition) is 0. The van der Waals surface area contributed by atoms with Gasteiger partial charge in [-0.25, -0.2) is 0 Å². The second-order valence-corrected chi connectivity index (χ2v) is 18.8. The molecule has 0 saturated carbocycles. The van der Waals surface area contributed by atoms with Gasteiger partial charge in [0.1, 0.15) is 11.2 Å². The molecule has 5 aliphatic rings. The molecule has 2 nitrogen and oxygen atoms in total. The second-order valence-electron chi connectivity index (χ2n) is 18.8. The average molecular weight is 842 g/mol. The first-order valence-electron chi connectivity index (χ1n) is 23.2. The number of fused-ring (bicyclic) bond motifs is 14. The van der Waals surface area contributed by atoms with Crippen LogP contribution >= 0.6 is 0 Å². The molecule has 0 aliphatic heterocycles. The Morgan fingerprint density at radius 1 is 0.500 bits per heavy atom. The summed E-state index contributed by atoms with van der Waals surface area (Å²) >= 11 is 0. The Morgan fingerprint density at radius 2 is 1.06 bits per heavy atom. The average Bonchev–Trinajstić information content (AvgIpc) is 4.06. The van der Waals surface area contributed by atoms with E-state index in [0.29, 0.717) is 0 Å². The first kappa shape index (κ1) is 37.3. The zero-order valence-corrected chi connectivity index (χ0v) is 36.8. The van der Waals surface area contributed by atoms with Crippen molar-refractivity contribution in [3.05, 3.63) is 267 Å². The van der Waals surface area contributed by atoms with Crippen LogP contribution in [0.25, 0.3) is 60.9 Å². The van der Waals surface area contributed by atoms with Crippen LogP contribution in [-0.4, -0.2) is 0 Å². The minimum Gasteiger partial charge on any atom is -0.456 e. The molecule has 14 rings (SSSR count). The van der Waals surface area contributed by atoms with Gasteiger partial charge in [0.05, 0.1) is 16.8 Å². The molecular weight excluding hydrogens is 799 g/mol. The van der Waals surface area contributed by atoms with Crippen molar-refractivity contribution in [1.82, 2.24) is 0 Å². The lowest BCUT2D eigenvalue weighted by atomic mass is 9.68. The summed E-state index contributed by atoms with van der Waals surface area (Å²) in [6, 6.07) is 69.3. The van der Waals surface area contributed by atoms with Gasteiger partial charge in [0.2, 0.25) is 0 Å². The van der Waals surface area contributed by atoms with Crippen LogP contribution in [0.15, 0.2) is 233 Å². The summed E-state index contributed by atoms with van der Waals surface area (Å²) < 4.78 is 6.52. The maximum absolute atomic E-state index is 6.52. The number of benzene rings is 8. The normalized spacial score (nSPS) is 16.5. The Morgan fingerprint density at radius 3 is 1.80 bits per heavy atom. The van der Waals surface area contributed by atoms with Gasteiger partial charge < -0.3 is 9.32 Å². The number of allylic oxidation sites excluding steroid dienone is 8. The molecule has 0 atom stereocenters. The number of nitrogens with zero attached hydrogens (tertiary/aromatic N) is 1. The fourth-order valence-corrected chi connectivity index (χ4v) is 12.5. The summed E-state index contributed by atoms with van der Waals surface area (Å²) in [5.41, 5.74) is 32.5. The van der Waals surface area contributed by atoms with E-state index >= 15 is 0 Å². The van der Waals surface area contributed by atoms with Crippen molar-refractivity contribution < 1.29 is 4.42 Å². The number of hydrogen-bond acceptors (Lipinski definition) is 2. The summed E-state index contributed by atoms with van der Waals surface area (Å²) in [4.78, 5) is 2.57. The molecule has 8 aromatic carbocycles. The van der Waals surface area contributed by atoms with Gasteiger partial charge in [-0.1, -0.05) is 183 Å². The fraction of sp³-hybridized carbons (Fsp3) is 0.0938.